The van der Waals surface area contributed by atoms with Crippen molar-refractivity contribution in [1.29, 1.82) is 0 Å². The topological polar surface area (TPSA) is 154 Å². The average molecular weight is 455 g/mol. The lowest BCUT2D eigenvalue weighted by atomic mass is 10.2. The Balaban J connectivity index is 1.57. The van der Waals surface area contributed by atoms with Crippen LogP contribution in [0.3, 0.4) is 0 Å². The van der Waals surface area contributed by atoms with E-state index < -0.39 is 41.8 Å². The fourth-order valence-electron chi connectivity index (χ4n) is 3.55. The van der Waals surface area contributed by atoms with Gasteiger partial charge in [0.05, 0.1) is 18.0 Å². The summed E-state index contributed by atoms with van der Waals surface area (Å²) in [5.74, 6) is -1.51. The van der Waals surface area contributed by atoms with Gasteiger partial charge in [-0.25, -0.2) is 9.78 Å². The summed E-state index contributed by atoms with van der Waals surface area (Å²) in [5.41, 5.74) is -0.00389. The average Bonchev–Trinajstić information content (AvgIpc) is 3.35. The number of H-pyrrole nitrogens is 1. The second-order valence-corrected chi connectivity index (χ2v) is 7.42. The molecule has 0 radical (unpaired) electrons. The molecular formula is C21H21N5O7. The number of fused-ring (bicyclic) bond motifs is 1. The maximum Gasteiger partial charge on any atom is 0.338 e. The molecule has 0 unspecified atom stereocenters. The minimum Gasteiger partial charge on any atom is -0.459 e. The first-order chi connectivity index (χ1) is 15.8. The second-order valence-electron chi connectivity index (χ2n) is 7.42. The molecule has 1 amide bonds. The highest BCUT2D eigenvalue weighted by Gasteiger charge is 2.40. The smallest absolute Gasteiger partial charge is 0.338 e. The number of hydrogen-bond acceptors (Lipinski definition) is 9. The second kappa shape index (κ2) is 9.20. The molecule has 2 aromatic heterocycles. The lowest BCUT2D eigenvalue weighted by molar-refractivity contribution is -0.152. The summed E-state index contributed by atoms with van der Waals surface area (Å²) in [6, 6.07) is 8.51. The van der Waals surface area contributed by atoms with Gasteiger partial charge in [0.2, 0.25) is 11.9 Å². The summed E-state index contributed by atoms with van der Waals surface area (Å²) < 4.78 is 18.2. The summed E-state index contributed by atoms with van der Waals surface area (Å²) in [5, 5.41) is 2.42. The van der Waals surface area contributed by atoms with Gasteiger partial charge in [-0.1, -0.05) is 18.2 Å². The number of amides is 1. The summed E-state index contributed by atoms with van der Waals surface area (Å²) >= 11 is 0. The van der Waals surface area contributed by atoms with Gasteiger partial charge in [-0.15, -0.1) is 0 Å². The number of ether oxygens (including phenoxy) is 3. The monoisotopic (exact) mass is 455 g/mol. The summed E-state index contributed by atoms with van der Waals surface area (Å²) in [7, 11) is 0. The predicted octanol–water partition coefficient (Wildman–Crippen LogP) is 1.15. The van der Waals surface area contributed by atoms with Crippen molar-refractivity contribution in [2.75, 3.05) is 11.9 Å². The molecule has 0 bridgehead atoms. The van der Waals surface area contributed by atoms with Crippen LogP contribution in [0.2, 0.25) is 0 Å². The van der Waals surface area contributed by atoms with Crippen LogP contribution < -0.4 is 10.9 Å². The largest absolute Gasteiger partial charge is 0.459 e. The quantitative estimate of drug-likeness (QED) is 0.521. The number of carbonyl (C=O) groups excluding carboxylic acids is 3. The standard InChI is InChI=1S/C21H21N5O7/c1-11(27)23-21-24-17-16(18(29)25-21)22-10-26(17)19-15(32-12(2)28)8-14(33-19)9-31-20(30)13-6-4-3-5-7-13/h3-7,10,14-15,19H,8-9H2,1-2H3,(H2,23,24,25,27,29)/t14-,15+,19+/m0/s1. The molecule has 4 rings (SSSR count). The molecule has 33 heavy (non-hydrogen) atoms. The molecule has 2 N–H and O–H groups in total. The number of nitrogens with one attached hydrogen (secondary N) is 2. The maximum absolute atomic E-state index is 12.3. The van der Waals surface area contributed by atoms with Gasteiger partial charge in [-0.2, -0.15) is 4.98 Å². The molecule has 12 heteroatoms. The molecule has 1 aliphatic rings. The Morgan fingerprint density at radius 1 is 1.24 bits per heavy atom. The summed E-state index contributed by atoms with van der Waals surface area (Å²) in [4.78, 5) is 58.4. The van der Waals surface area contributed by atoms with Crippen molar-refractivity contribution < 1.29 is 28.6 Å². The van der Waals surface area contributed by atoms with Crippen LogP contribution >= 0.6 is 0 Å². The Kier molecular flexibility index (Phi) is 6.18. The molecule has 0 aliphatic carbocycles. The van der Waals surface area contributed by atoms with Gasteiger partial charge in [0, 0.05) is 20.3 Å². The highest BCUT2D eigenvalue weighted by molar-refractivity contribution is 5.89. The van der Waals surface area contributed by atoms with Crippen LogP contribution in [0.1, 0.15) is 36.9 Å². The minimum atomic E-state index is -0.876. The first kappa shape index (κ1) is 22.1. The van der Waals surface area contributed by atoms with Crippen molar-refractivity contribution in [1.82, 2.24) is 19.5 Å². The van der Waals surface area contributed by atoms with Crippen LogP contribution in [0.4, 0.5) is 5.95 Å². The predicted molar refractivity (Wildman–Crippen MR) is 113 cm³/mol. The van der Waals surface area contributed by atoms with Crippen LogP contribution in [0.5, 0.6) is 0 Å². The highest BCUT2D eigenvalue weighted by Crippen LogP contribution is 2.33. The van der Waals surface area contributed by atoms with E-state index in [1.807, 2.05) is 0 Å². The van der Waals surface area contributed by atoms with Crippen LogP contribution in [0.15, 0.2) is 41.5 Å². The number of aromatic amines is 1. The van der Waals surface area contributed by atoms with Gasteiger partial charge >= 0.3 is 11.9 Å². The zero-order valence-electron chi connectivity index (χ0n) is 17.8. The van der Waals surface area contributed by atoms with Crippen LogP contribution in [-0.2, 0) is 23.8 Å². The normalized spacial score (nSPS) is 19.9. The Morgan fingerprint density at radius 3 is 2.70 bits per heavy atom. The zero-order chi connectivity index (χ0) is 23.5. The number of nitrogens with zero attached hydrogens (tertiary/aromatic N) is 3. The molecule has 3 aromatic rings. The number of benzene rings is 1. The van der Waals surface area contributed by atoms with E-state index in [2.05, 4.69) is 20.3 Å². The first-order valence-corrected chi connectivity index (χ1v) is 10.1. The van der Waals surface area contributed by atoms with E-state index >= 15 is 0 Å². The van der Waals surface area contributed by atoms with Gasteiger partial charge in [0.25, 0.3) is 5.56 Å². The zero-order valence-corrected chi connectivity index (χ0v) is 17.8. The van der Waals surface area contributed by atoms with Crippen molar-refractivity contribution in [2.45, 2.75) is 38.7 Å². The number of hydrogen-bond donors (Lipinski definition) is 2. The van der Waals surface area contributed by atoms with E-state index in [1.165, 1.54) is 24.7 Å². The Hall–Kier alpha value is -4.06. The number of anilines is 1. The van der Waals surface area contributed by atoms with E-state index in [4.69, 9.17) is 14.2 Å². The Labute approximate surface area is 186 Å². The Morgan fingerprint density at radius 2 is 2.00 bits per heavy atom. The summed E-state index contributed by atoms with van der Waals surface area (Å²) in [6.45, 7) is 2.48. The van der Waals surface area contributed by atoms with Gasteiger partial charge in [0.1, 0.15) is 12.7 Å². The fourth-order valence-corrected chi connectivity index (χ4v) is 3.55. The molecule has 1 saturated heterocycles. The highest BCUT2D eigenvalue weighted by atomic mass is 16.6. The third-order valence-corrected chi connectivity index (χ3v) is 4.87. The van der Waals surface area contributed by atoms with Crippen LogP contribution in [-0.4, -0.2) is 56.2 Å². The van der Waals surface area contributed by atoms with Crippen molar-refractivity contribution in [3.05, 3.63) is 52.6 Å². The molecule has 0 spiro atoms. The van der Waals surface area contributed by atoms with Crippen molar-refractivity contribution in [3.8, 4) is 0 Å². The third kappa shape index (κ3) is 4.90. The SMILES string of the molecule is CC(=O)Nc1nc2c(ncn2[C@@H]2O[C@H](COC(=O)c3ccccc3)C[C@H]2OC(C)=O)c(=O)[nH]1. The molecule has 0 saturated carbocycles. The van der Waals surface area contributed by atoms with Crippen molar-refractivity contribution in [3.63, 3.8) is 0 Å². The van der Waals surface area contributed by atoms with Gasteiger partial charge in [-0.3, -0.25) is 29.3 Å². The summed E-state index contributed by atoms with van der Waals surface area (Å²) in [6.07, 6.45) is -0.622. The van der Waals surface area contributed by atoms with Gasteiger partial charge < -0.3 is 14.2 Å². The number of imidazole rings is 1. The third-order valence-electron chi connectivity index (χ3n) is 4.87. The van der Waals surface area contributed by atoms with E-state index in [9.17, 15) is 19.2 Å². The number of rotatable bonds is 6. The molecule has 1 aliphatic heterocycles. The first-order valence-electron chi connectivity index (χ1n) is 10.1. The fraction of sp³-hybridized carbons (Fsp3) is 0.333. The molecule has 1 fully saturated rings. The maximum atomic E-state index is 12.3. The van der Waals surface area contributed by atoms with Crippen molar-refractivity contribution >= 4 is 35.0 Å². The number of aromatic nitrogens is 4. The van der Waals surface area contributed by atoms with Crippen molar-refractivity contribution in [2.24, 2.45) is 0 Å². The van der Waals surface area contributed by atoms with Gasteiger partial charge in [-0.05, 0) is 12.1 Å². The van der Waals surface area contributed by atoms with E-state index in [0.29, 0.717) is 5.56 Å². The van der Waals surface area contributed by atoms with Crippen LogP contribution in [0.25, 0.3) is 11.2 Å². The van der Waals surface area contributed by atoms with Gasteiger partial charge in [0.15, 0.2) is 17.4 Å². The Bertz CT molecular complexity index is 1250. The van der Waals surface area contributed by atoms with E-state index in [1.54, 1.807) is 30.3 Å². The molecule has 1 aromatic carbocycles. The number of esters is 2. The molecule has 3 atom stereocenters. The molecule has 172 valence electrons. The number of carbonyl (C=O) groups is 3. The van der Waals surface area contributed by atoms with E-state index in [0.717, 1.165) is 0 Å². The minimum absolute atomic E-state index is 0.0215. The molecule has 12 nitrogen and oxygen atoms in total. The molecular weight excluding hydrogens is 434 g/mol. The molecule has 3 heterocycles. The van der Waals surface area contributed by atoms with Crippen LogP contribution in [0, 0.1) is 0 Å². The lowest BCUT2D eigenvalue weighted by Crippen LogP contribution is -2.25. The van der Waals surface area contributed by atoms with E-state index in [-0.39, 0.29) is 30.1 Å². The lowest BCUT2D eigenvalue weighted by Gasteiger charge is -2.20.